The zero-order chi connectivity index (χ0) is 27.4. The van der Waals surface area contributed by atoms with Crippen LogP contribution in [0.25, 0.3) is 11.4 Å². The number of benzene rings is 3. The largest absolute Gasteiger partial charge is 0.472 e. The summed E-state index contributed by atoms with van der Waals surface area (Å²) in [5.41, 5.74) is -0.575. The average Bonchev–Trinajstić information content (AvgIpc) is 2.88. The molecule has 1 aromatic heterocycles. The first-order valence-corrected chi connectivity index (χ1v) is 11.4. The maximum absolute atomic E-state index is 13.1. The molecule has 0 aliphatic carbocycles. The molecule has 0 aliphatic rings. The van der Waals surface area contributed by atoms with E-state index >= 15 is 0 Å². The number of halogens is 5. The number of anilines is 1. The number of carbonyl (C=O) groups excluding carboxylic acids is 1. The molecule has 38 heavy (non-hydrogen) atoms. The summed E-state index contributed by atoms with van der Waals surface area (Å²) in [6.07, 6.45) is -3.41. The molecule has 4 rings (SSSR count). The predicted molar refractivity (Wildman–Crippen MR) is 134 cm³/mol. The highest BCUT2D eigenvalue weighted by atomic mass is 35.5. The fourth-order valence-electron chi connectivity index (χ4n) is 3.30. The van der Waals surface area contributed by atoms with Crippen molar-refractivity contribution in [3.05, 3.63) is 110 Å². The smallest absolute Gasteiger partial charge is 0.416 e. The van der Waals surface area contributed by atoms with E-state index in [4.69, 9.17) is 27.9 Å². The Morgan fingerprint density at radius 2 is 1.82 bits per heavy atom. The highest BCUT2D eigenvalue weighted by Crippen LogP contribution is 2.31. The lowest BCUT2D eigenvalue weighted by molar-refractivity contribution is -0.384. The van der Waals surface area contributed by atoms with E-state index in [1.165, 1.54) is 54.6 Å². The van der Waals surface area contributed by atoms with Crippen LogP contribution in [0.4, 0.5) is 24.5 Å². The molecular formula is C25H15Cl2F3N4O4. The summed E-state index contributed by atoms with van der Waals surface area (Å²) in [7, 11) is 0. The number of aromatic nitrogens is 2. The van der Waals surface area contributed by atoms with Gasteiger partial charge in [-0.2, -0.15) is 18.2 Å². The lowest BCUT2D eigenvalue weighted by Gasteiger charge is -2.14. The fraction of sp³-hybridized carbons (Fsp3) is 0.0800. The minimum atomic E-state index is -4.55. The van der Waals surface area contributed by atoms with Crippen LogP contribution < -0.4 is 10.1 Å². The van der Waals surface area contributed by atoms with Gasteiger partial charge in [0.25, 0.3) is 11.6 Å². The van der Waals surface area contributed by atoms with Crippen LogP contribution in [0.1, 0.15) is 21.5 Å². The molecule has 0 aliphatic heterocycles. The zero-order valence-corrected chi connectivity index (χ0v) is 20.5. The number of hydrogen-bond acceptors (Lipinski definition) is 6. The quantitative estimate of drug-likeness (QED) is 0.188. The van der Waals surface area contributed by atoms with E-state index in [0.29, 0.717) is 5.02 Å². The summed E-state index contributed by atoms with van der Waals surface area (Å²) in [5.74, 6) is -0.992. The first-order chi connectivity index (χ1) is 18.0. The molecule has 1 N–H and O–H groups in total. The van der Waals surface area contributed by atoms with Crippen molar-refractivity contribution < 1.29 is 27.6 Å². The molecule has 0 unspecified atom stereocenters. The van der Waals surface area contributed by atoms with Crippen molar-refractivity contribution >= 4 is 40.5 Å². The SMILES string of the molecule is O=C(Nc1ccc(Cl)cc1Cl)c1cnc(-c2cccc([N+](=O)[O-])c2)nc1OCc1cccc(C(F)(F)F)c1. The van der Waals surface area contributed by atoms with E-state index in [1.54, 1.807) is 0 Å². The van der Waals surface area contributed by atoms with Crippen molar-refractivity contribution in [1.29, 1.82) is 0 Å². The van der Waals surface area contributed by atoms with Gasteiger partial charge in [-0.15, -0.1) is 0 Å². The second kappa shape index (κ2) is 11.0. The van der Waals surface area contributed by atoms with E-state index in [-0.39, 0.29) is 51.4 Å². The third-order valence-corrected chi connectivity index (χ3v) is 5.67. The molecule has 1 amide bonds. The van der Waals surface area contributed by atoms with Gasteiger partial charge in [-0.1, -0.05) is 47.5 Å². The second-order valence-corrected chi connectivity index (χ2v) is 8.63. The topological polar surface area (TPSA) is 107 Å². The van der Waals surface area contributed by atoms with Crippen molar-refractivity contribution in [2.75, 3.05) is 5.32 Å². The van der Waals surface area contributed by atoms with Gasteiger partial charge in [0.2, 0.25) is 5.88 Å². The fourth-order valence-corrected chi connectivity index (χ4v) is 3.75. The Hall–Kier alpha value is -4.22. The molecule has 0 saturated heterocycles. The molecule has 0 radical (unpaired) electrons. The maximum atomic E-state index is 13.1. The van der Waals surface area contributed by atoms with Gasteiger partial charge in [0.15, 0.2) is 5.82 Å². The summed E-state index contributed by atoms with van der Waals surface area (Å²) in [4.78, 5) is 32.0. The lowest BCUT2D eigenvalue weighted by atomic mass is 10.1. The molecule has 3 aromatic carbocycles. The van der Waals surface area contributed by atoms with Crippen molar-refractivity contribution in [2.24, 2.45) is 0 Å². The second-order valence-electron chi connectivity index (χ2n) is 7.78. The molecule has 0 saturated carbocycles. The Morgan fingerprint density at radius 3 is 2.53 bits per heavy atom. The zero-order valence-electron chi connectivity index (χ0n) is 19.0. The number of nitro groups is 1. The van der Waals surface area contributed by atoms with Gasteiger partial charge in [0.05, 0.1) is 21.2 Å². The maximum Gasteiger partial charge on any atom is 0.416 e. The molecule has 0 fully saturated rings. The molecule has 0 bridgehead atoms. The Bertz CT molecular complexity index is 1530. The number of rotatable bonds is 7. The van der Waals surface area contributed by atoms with Crippen LogP contribution in [0.3, 0.4) is 0 Å². The van der Waals surface area contributed by atoms with Crippen LogP contribution in [0.2, 0.25) is 10.0 Å². The van der Waals surface area contributed by atoms with Gasteiger partial charge < -0.3 is 10.1 Å². The molecule has 8 nitrogen and oxygen atoms in total. The van der Waals surface area contributed by atoms with Crippen molar-refractivity contribution in [3.63, 3.8) is 0 Å². The Labute approximate surface area is 223 Å². The number of nitro benzene ring substituents is 1. The van der Waals surface area contributed by atoms with E-state index in [2.05, 4.69) is 15.3 Å². The molecule has 1 heterocycles. The van der Waals surface area contributed by atoms with Crippen LogP contribution >= 0.6 is 23.2 Å². The summed E-state index contributed by atoms with van der Waals surface area (Å²) >= 11 is 12.0. The minimum absolute atomic E-state index is 0.00572. The van der Waals surface area contributed by atoms with Gasteiger partial charge in [-0.05, 0) is 35.9 Å². The van der Waals surface area contributed by atoms with E-state index < -0.39 is 22.6 Å². The standard InChI is InChI=1S/C25H15Cl2F3N4O4/c26-17-7-8-21(20(27)11-17)32-23(35)19-12-31-22(15-4-2-6-18(10-15)34(36)37)33-24(19)38-13-14-3-1-5-16(9-14)25(28,29)30/h1-12H,13H2,(H,32,35). The third kappa shape index (κ3) is 6.36. The van der Waals surface area contributed by atoms with Crippen LogP contribution in [0, 0.1) is 10.1 Å². The highest BCUT2D eigenvalue weighted by molar-refractivity contribution is 6.36. The number of carbonyl (C=O) groups is 1. The van der Waals surface area contributed by atoms with Gasteiger partial charge in [-0.3, -0.25) is 14.9 Å². The number of amides is 1. The van der Waals surface area contributed by atoms with E-state index in [0.717, 1.165) is 18.3 Å². The van der Waals surface area contributed by atoms with Gasteiger partial charge >= 0.3 is 6.18 Å². The van der Waals surface area contributed by atoms with Crippen LogP contribution in [-0.2, 0) is 12.8 Å². The van der Waals surface area contributed by atoms with Crippen LogP contribution in [0.5, 0.6) is 5.88 Å². The lowest BCUT2D eigenvalue weighted by Crippen LogP contribution is -2.16. The minimum Gasteiger partial charge on any atom is -0.472 e. The number of hydrogen-bond donors (Lipinski definition) is 1. The predicted octanol–water partition coefficient (Wildman–Crippen LogP) is 7.21. The van der Waals surface area contributed by atoms with Crippen molar-refractivity contribution in [2.45, 2.75) is 12.8 Å². The molecule has 0 spiro atoms. The Balaban J connectivity index is 1.69. The number of ether oxygens (including phenoxy) is 1. The van der Waals surface area contributed by atoms with Crippen molar-refractivity contribution in [3.8, 4) is 17.3 Å². The number of nitrogens with zero attached hydrogens (tertiary/aromatic N) is 3. The summed E-state index contributed by atoms with van der Waals surface area (Å²) < 4.78 is 45.0. The van der Waals surface area contributed by atoms with Crippen LogP contribution in [-0.4, -0.2) is 20.8 Å². The first-order valence-electron chi connectivity index (χ1n) is 10.7. The van der Waals surface area contributed by atoms with Crippen molar-refractivity contribution in [1.82, 2.24) is 9.97 Å². The molecule has 194 valence electrons. The first kappa shape index (κ1) is 26.8. The van der Waals surface area contributed by atoms with Gasteiger partial charge in [0, 0.05) is 28.9 Å². The normalized spacial score (nSPS) is 11.2. The Morgan fingerprint density at radius 1 is 1.05 bits per heavy atom. The molecule has 4 aromatic rings. The average molecular weight is 563 g/mol. The Kier molecular flexibility index (Phi) is 7.79. The third-order valence-electron chi connectivity index (χ3n) is 5.12. The summed E-state index contributed by atoms with van der Waals surface area (Å²) in [6.45, 7) is -0.364. The van der Waals surface area contributed by atoms with E-state index in [1.807, 2.05) is 0 Å². The van der Waals surface area contributed by atoms with Crippen LogP contribution in [0.15, 0.2) is 72.9 Å². The molecule has 0 atom stereocenters. The number of nitrogens with one attached hydrogen (secondary N) is 1. The van der Waals surface area contributed by atoms with Gasteiger partial charge in [-0.25, -0.2) is 4.98 Å². The highest BCUT2D eigenvalue weighted by Gasteiger charge is 2.30. The summed E-state index contributed by atoms with van der Waals surface area (Å²) in [6, 6.07) is 14.4. The monoisotopic (exact) mass is 562 g/mol. The molecular weight excluding hydrogens is 548 g/mol. The van der Waals surface area contributed by atoms with E-state index in [9.17, 15) is 28.1 Å². The number of alkyl halides is 3. The van der Waals surface area contributed by atoms with Gasteiger partial charge in [0.1, 0.15) is 12.2 Å². The summed E-state index contributed by atoms with van der Waals surface area (Å²) in [5, 5.41) is 14.2. The molecule has 13 heteroatoms. The number of non-ortho nitro benzene ring substituents is 1.